The summed E-state index contributed by atoms with van der Waals surface area (Å²) in [6, 6.07) is 15.1. The number of aromatic nitrogens is 1. The minimum absolute atomic E-state index is 0.00724. The number of rotatable bonds is 38. The number of carbonyl (C=O) groups excluding carboxylic acids is 11. The lowest BCUT2D eigenvalue weighted by atomic mass is 9.99. The van der Waals surface area contributed by atoms with Crippen molar-refractivity contribution in [2.24, 2.45) is 33.8 Å². The van der Waals surface area contributed by atoms with Crippen LogP contribution in [0.5, 0.6) is 5.75 Å². The van der Waals surface area contributed by atoms with E-state index in [1.54, 1.807) is 50.2 Å². The van der Waals surface area contributed by atoms with Crippen molar-refractivity contribution in [3.63, 3.8) is 0 Å². The van der Waals surface area contributed by atoms with Crippen molar-refractivity contribution in [1.82, 2.24) is 57.7 Å². The molecule has 0 bridgehead atoms. The highest BCUT2D eigenvalue weighted by Crippen LogP contribution is 2.22. The van der Waals surface area contributed by atoms with Crippen LogP contribution in [0.4, 0.5) is 0 Å². The molecule has 0 radical (unpaired) electrons. The predicted molar refractivity (Wildman–Crippen MR) is 375 cm³/mol. The van der Waals surface area contributed by atoms with E-state index in [1.165, 1.54) is 55.4 Å². The molecular weight excluding hydrogens is 1310 g/mol. The lowest BCUT2D eigenvalue weighted by molar-refractivity contribution is -0.142. The van der Waals surface area contributed by atoms with Gasteiger partial charge in [-0.15, -0.1) is 0 Å². The molecule has 0 saturated carbocycles. The summed E-state index contributed by atoms with van der Waals surface area (Å²) >= 11 is 6.23. The van der Waals surface area contributed by atoms with Crippen LogP contribution in [-0.4, -0.2) is 178 Å². The number of likely N-dealkylation sites (tertiary alicyclic amines) is 1. The van der Waals surface area contributed by atoms with E-state index in [9.17, 15) is 63.0 Å². The Morgan fingerprint density at radius 2 is 1.07 bits per heavy atom. The van der Waals surface area contributed by atoms with Gasteiger partial charge < -0.3 is 85.9 Å². The SMILES string of the molecule is CC(=O)NC(Cc1ccc2ccccc2c1)C(=O)NC(Cc1ccc(Cl)cc1)C(=O)NC(Cc1cccnc1)C(=O)NC(CO)C(=O)NC(Cc1ccc(O)cc1)C(=O)NC(CCCCN)C(=O)NC(CC(C)C)C(=O)NC(CCCN=C(N)N)C(=O)N1CCCC1C(=O)NC(C)C(N)=O. The van der Waals surface area contributed by atoms with Gasteiger partial charge in [0.1, 0.15) is 66.2 Å². The van der Waals surface area contributed by atoms with Gasteiger partial charge in [0.25, 0.3) is 0 Å². The summed E-state index contributed by atoms with van der Waals surface area (Å²) in [6.45, 7) is 5.63. The van der Waals surface area contributed by atoms with Crippen LogP contribution in [0.2, 0.25) is 5.02 Å². The lowest BCUT2D eigenvalue weighted by Gasteiger charge is -2.31. The number of aliphatic imine (C=N–C) groups is 1. The number of nitrogens with one attached hydrogen (secondary N) is 9. The first-order chi connectivity index (χ1) is 47.7. The number of aromatic hydroxyl groups is 1. The number of primary amides is 1. The van der Waals surface area contributed by atoms with Crippen molar-refractivity contribution >= 4 is 93.3 Å². The highest BCUT2D eigenvalue weighted by Gasteiger charge is 2.40. The molecule has 1 aliphatic rings. The highest BCUT2D eigenvalue weighted by molar-refractivity contribution is 6.30. The van der Waals surface area contributed by atoms with Gasteiger partial charge in [0.05, 0.1) is 6.61 Å². The highest BCUT2D eigenvalue weighted by atomic mass is 35.5. The zero-order chi connectivity index (χ0) is 73.0. The molecule has 30 heteroatoms. The van der Waals surface area contributed by atoms with E-state index in [2.05, 4.69) is 57.8 Å². The number of aliphatic hydroxyl groups excluding tert-OH is 1. The number of nitrogens with two attached hydrogens (primary N) is 4. The molecule has 1 fully saturated rings. The topological polar surface area (TPSA) is 469 Å². The molecule has 538 valence electrons. The first-order valence-electron chi connectivity index (χ1n) is 33.3. The third-order valence-electron chi connectivity index (χ3n) is 16.7. The Labute approximate surface area is 585 Å². The molecule has 5 aromatic rings. The fraction of sp³-hybridized carbons (Fsp3) is 0.443. The van der Waals surface area contributed by atoms with Crippen LogP contribution in [0.15, 0.2) is 121 Å². The first-order valence-corrected chi connectivity index (χ1v) is 33.6. The fourth-order valence-corrected chi connectivity index (χ4v) is 11.5. The van der Waals surface area contributed by atoms with Crippen LogP contribution in [0.25, 0.3) is 10.8 Å². The molecule has 0 aliphatic carbocycles. The average Bonchev–Trinajstić information content (AvgIpc) is 1.58. The monoisotopic (exact) mass is 1400 g/mol. The number of nitrogens with zero attached hydrogens (tertiary/aromatic N) is 3. The van der Waals surface area contributed by atoms with Crippen LogP contribution in [0, 0.1) is 5.92 Å². The fourth-order valence-electron chi connectivity index (χ4n) is 11.4. The van der Waals surface area contributed by atoms with E-state index in [-0.39, 0.29) is 101 Å². The molecule has 6 rings (SSSR count). The molecule has 100 heavy (non-hydrogen) atoms. The number of phenolic OH excluding ortho intramolecular Hbond substituents is 1. The van der Waals surface area contributed by atoms with Gasteiger partial charge in [-0.2, -0.15) is 0 Å². The van der Waals surface area contributed by atoms with E-state index in [4.69, 9.17) is 34.5 Å². The van der Waals surface area contributed by atoms with Crippen LogP contribution >= 0.6 is 11.6 Å². The Kier molecular flexibility index (Phi) is 31.0. The summed E-state index contributed by atoms with van der Waals surface area (Å²) in [7, 11) is 0. The summed E-state index contributed by atoms with van der Waals surface area (Å²) < 4.78 is 0. The summed E-state index contributed by atoms with van der Waals surface area (Å²) in [5.41, 5.74) is 24.5. The molecule has 19 N–H and O–H groups in total. The van der Waals surface area contributed by atoms with Crippen molar-refractivity contribution in [1.29, 1.82) is 0 Å². The number of aliphatic hydroxyl groups is 1. The van der Waals surface area contributed by atoms with E-state index < -0.39 is 132 Å². The van der Waals surface area contributed by atoms with E-state index >= 15 is 0 Å². The minimum Gasteiger partial charge on any atom is -0.508 e. The zero-order valence-electron chi connectivity index (χ0n) is 56.5. The number of carbonyl (C=O) groups is 11. The van der Waals surface area contributed by atoms with Crippen molar-refractivity contribution in [3.05, 3.63) is 143 Å². The lowest BCUT2D eigenvalue weighted by Crippen LogP contribution is -2.61. The van der Waals surface area contributed by atoms with E-state index in [0.717, 1.165) is 10.8 Å². The smallest absolute Gasteiger partial charge is 0.245 e. The molecule has 10 atom stereocenters. The zero-order valence-corrected chi connectivity index (χ0v) is 57.3. The third-order valence-corrected chi connectivity index (χ3v) is 16.9. The van der Waals surface area contributed by atoms with Gasteiger partial charge in [0, 0.05) is 63.1 Å². The van der Waals surface area contributed by atoms with E-state index in [0.29, 0.717) is 40.1 Å². The largest absolute Gasteiger partial charge is 0.508 e. The Morgan fingerprint density at radius 3 is 1.63 bits per heavy atom. The number of hydrogen-bond donors (Lipinski definition) is 15. The minimum atomic E-state index is -1.81. The number of guanidine groups is 1. The van der Waals surface area contributed by atoms with Crippen molar-refractivity contribution in [3.8, 4) is 5.75 Å². The number of amides is 11. The summed E-state index contributed by atoms with van der Waals surface area (Å²) in [5, 5.41) is 47.4. The van der Waals surface area contributed by atoms with Crippen molar-refractivity contribution in [2.45, 2.75) is 165 Å². The second kappa shape index (κ2) is 39.4. The standard InChI is InChI=1S/C70H93ClN16O13/c1-40(2)32-53(62(93)81-52(16-10-30-77-70(74)75)69(100)87-31-11-17-59(87)68(99)78-41(3)60(73)91)82-61(92)51(15-7-8-28-72)80-64(95)55(35-44-21-26-50(90)27-22-44)85-67(98)58(39-88)86-66(97)57(37-46-12-9-29-76-38-46)84-65(96)56(34-43-19-24-49(71)25-20-43)83-63(94)54(79-42(4)89)36-45-18-23-47-13-5-6-14-48(47)33-45/h5-6,9,12-14,18-27,29,33,38,40-41,51-59,88,90H,7-8,10-11,15-17,28,30-32,34-37,39,72H2,1-4H3,(H2,73,91)(H,78,99)(H,79,89)(H,80,95)(H,81,93)(H,82,92)(H,83,94)(H,84,96)(H,85,98)(H,86,97)(H4,74,75,77). The molecule has 2 heterocycles. The molecule has 1 saturated heterocycles. The molecular formula is C70H93ClN16O13. The number of fused-ring (bicyclic) bond motifs is 1. The van der Waals surface area contributed by atoms with Gasteiger partial charge in [-0.05, 0) is 134 Å². The quantitative estimate of drug-likeness (QED) is 0.0140. The molecule has 1 aromatic heterocycles. The third kappa shape index (κ3) is 25.2. The first kappa shape index (κ1) is 78.7. The summed E-state index contributed by atoms with van der Waals surface area (Å²) in [5.74, 6) is -9.31. The van der Waals surface area contributed by atoms with Gasteiger partial charge in [-0.1, -0.05) is 98.2 Å². The van der Waals surface area contributed by atoms with Crippen LogP contribution in [0.1, 0.15) is 101 Å². The molecule has 11 amide bonds. The number of hydrogen-bond acceptors (Lipinski definition) is 16. The van der Waals surface area contributed by atoms with Crippen molar-refractivity contribution in [2.75, 3.05) is 26.2 Å². The summed E-state index contributed by atoms with van der Waals surface area (Å²) in [6.07, 6.45) is 3.88. The molecule has 0 spiro atoms. The number of phenols is 1. The summed E-state index contributed by atoms with van der Waals surface area (Å²) in [4.78, 5) is 164. The number of unbranched alkanes of at least 4 members (excludes halogenated alkanes) is 1. The van der Waals surface area contributed by atoms with Crippen LogP contribution in [0.3, 0.4) is 0 Å². The van der Waals surface area contributed by atoms with Crippen LogP contribution in [-0.2, 0) is 78.4 Å². The Morgan fingerprint density at radius 1 is 0.570 bits per heavy atom. The molecule has 4 aromatic carbocycles. The Hall–Kier alpha value is -10.3. The van der Waals surface area contributed by atoms with Gasteiger partial charge >= 0.3 is 0 Å². The average molecular weight is 1400 g/mol. The predicted octanol–water partition coefficient (Wildman–Crippen LogP) is -0.0353. The van der Waals surface area contributed by atoms with Gasteiger partial charge in [0.2, 0.25) is 65.0 Å². The maximum Gasteiger partial charge on any atom is 0.245 e. The number of pyridine rings is 1. The number of benzene rings is 4. The second-order valence-electron chi connectivity index (χ2n) is 25.2. The second-order valence-corrected chi connectivity index (χ2v) is 25.6. The Bertz CT molecular complexity index is 3660. The Balaban J connectivity index is 1.24. The number of halogens is 1. The molecule has 10 unspecified atom stereocenters. The molecule has 29 nitrogen and oxygen atoms in total. The normalized spacial score (nSPS) is 15.4. The van der Waals surface area contributed by atoms with Crippen LogP contribution < -0.4 is 70.8 Å². The van der Waals surface area contributed by atoms with Gasteiger partial charge in [0.15, 0.2) is 5.96 Å². The van der Waals surface area contributed by atoms with Gasteiger partial charge in [-0.25, -0.2) is 0 Å². The maximum atomic E-state index is 14.8. The maximum absolute atomic E-state index is 14.8. The van der Waals surface area contributed by atoms with Gasteiger partial charge in [-0.3, -0.25) is 62.7 Å². The van der Waals surface area contributed by atoms with Crippen molar-refractivity contribution < 1.29 is 63.0 Å². The molecule has 1 aliphatic heterocycles. The van der Waals surface area contributed by atoms with E-state index in [1.807, 2.05) is 42.5 Å².